The van der Waals surface area contributed by atoms with Crippen LogP contribution in [0.1, 0.15) is 46.5 Å². The molecule has 0 fully saturated rings. The van der Waals surface area contributed by atoms with Gasteiger partial charge in [-0.05, 0) is 38.6 Å². The van der Waals surface area contributed by atoms with E-state index < -0.39 is 60.6 Å². The van der Waals surface area contributed by atoms with Crippen LogP contribution in [0.4, 0.5) is 0 Å². The van der Waals surface area contributed by atoms with E-state index in [1.54, 1.807) is 13.8 Å². The summed E-state index contributed by atoms with van der Waals surface area (Å²) in [7, 11) is 0. The summed E-state index contributed by atoms with van der Waals surface area (Å²) >= 11 is 0. The van der Waals surface area contributed by atoms with Gasteiger partial charge in [0, 0.05) is 0 Å². The molecule has 12 heteroatoms. The molecule has 0 aromatic rings. The lowest BCUT2D eigenvalue weighted by molar-refractivity contribution is -0.143. The van der Waals surface area contributed by atoms with Gasteiger partial charge in [-0.15, -0.1) is 0 Å². The summed E-state index contributed by atoms with van der Waals surface area (Å²) in [5, 5.41) is 35.4. The first kappa shape index (κ1) is 28.7. The van der Waals surface area contributed by atoms with Gasteiger partial charge in [-0.3, -0.25) is 14.4 Å². The van der Waals surface area contributed by atoms with Gasteiger partial charge >= 0.3 is 5.97 Å². The van der Waals surface area contributed by atoms with Crippen molar-refractivity contribution >= 4 is 23.7 Å². The maximum atomic E-state index is 12.8. The highest BCUT2D eigenvalue weighted by atomic mass is 16.4. The van der Waals surface area contributed by atoms with Gasteiger partial charge in [0.1, 0.15) is 24.2 Å². The molecule has 0 rings (SSSR count). The van der Waals surface area contributed by atoms with Crippen molar-refractivity contribution < 1.29 is 34.5 Å². The number of unbranched alkanes of at least 4 members (excludes halogenated alkanes) is 1. The predicted molar refractivity (Wildman–Crippen MR) is 113 cm³/mol. The van der Waals surface area contributed by atoms with Crippen LogP contribution in [0.15, 0.2) is 0 Å². The molecule has 31 heavy (non-hydrogen) atoms. The zero-order valence-corrected chi connectivity index (χ0v) is 18.3. The summed E-state index contributed by atoms with van der Waals surface area (Å²) in [6, 6.07) is -4.95. The van der Waals surface area contributed by atoms with Gasteiger partial charge in [-0.1, -0.05) is 20.3 Å². The zero-order valence-electron chi connectivity index (χ0n) is 18.3. The summed E-state index contributed by atoms with van der Waals surface area (Å²) < 4.78 is 0. The average molecular weight is 448 g/mol. The fourth-order valence-corrected chi connectivity index (χ4v) is 2.71. The SMILES string of the molecule is CCC(C)C(NC(=O)C(NC(=O)C(N)CO)C(C)O)C(=O)NC(CCCCN)C(=O)O. The number of aliphatic carboxylic acids is 1. The van der Waals surface area contributed by atoms with Crippen LogP contribution in [0.5, 0.6) is 0 Å². The van der Waals surface area contributed by atoms with Crippen molar-refractivity contribution in [2.24, 2.45) is 17.4 Å². The van der Waals surface area contributed by atoms with Crippen LogP contribution in [-0.2, 0) is 19.2 Å². The Morgan fingerprint density at radius 2 is 1.48 bits per heavy atom. The van der Waals surface area contributed by atoms with Crippen molar-refractivity contribution in [1.29, 1.82) is 0 Å². The van der Waals surface area contributed by atoms with Gasteiger partial charge in [0.15, 0.2) is 0 Å². The lowest BCUT2D eigenvalue weighted by Gasteiger charge is -2.29. The molecule has 6 unspecified atom stereocenters. The van der Waals surface area contributed by atoms with E-state index in [1.807, 2.05) is 0 Å². The Hall–Kier alpha value is -2.28. The first-order valence-electron chi connectivity index (χ1n) is 10.4. The molecule has 0 aromatic heterocycles. The lowest BCUT2D eigenvalue weighted by atomic mass is 9.96. The number of aliphatic hydroxyl groups excluding tert-OH is 2. The number of nitrogens with two attached hydrogens (primary N) is 2. The van der Waals surface area contributed by atoms with Crippen molar-refractivity contribution in [3.05, 3.63) is 0 Å². The third kappa shape index (κ3) is 10.0. The highest BCUT2D eigenvalue weighted by Gasteiger charge is 2.34. The highest BCUT2D eigenvalue weighted by molar-refractivity contribution is 5.94. The predicted octanol–water partition coefficient (Wildman–Crippen LogP) is -2.60. The van der Waals surface area contributed by atoms with Crippen LogP contribution >= 0.6 is 0 Å². The van der Waals surface area contributed by atoms with Gasteiger partial charge in [0.05, 0.1) is 12.7 Å². The van der Waals surface area contributed by atoms with Crippen LogP contribution in [0.3, 0.4) is 0 Å². The molecule has 0 radical (unpaired) electrons. The highest BCUT2D eigenvalue weighted by Crippen LogP contribution is 2.11. The Bertz CT molecular complexity index is 602. The number of carboxylic acid groups (broad SMARTS) is 1. The number of carbonyl (C=O) groups excluding carboxylic acids is 3. The molecule has 0 aliphatic carbocycles. The molecule has 12 nitrogen and oxygen atoms in total. The van der Waals surface area contributed by atoms with E-state index in [1.165, 1.54) is 6.92 Å². The molecular weight excluding hydrogens is 410 g/mol. The number of amides is 3. The second-order valence-electron chi connectivity index (χ2n) is 7.57. The van der Waals surface area contributed by atoms with E-state index in [9.17, 15) is 29.4 Å². The standard InChI is InChI=1S/C19H37N5O7/c1-4-10(2)14(17(28)22-13(19(30)31)7-5-6-8-20)23-18(29)15(11(3)26)24-16(27)12(21)9-25/h10-15,25-26H,4-9,20-21H2,1-3H3,(H,22,28)(H,23,29)(H,24,27)(H,30,31). The van der Waals surface area contributed by atoms with Crippen molar-refractivity contribution in [3.63, 3.8) is 0 Å². The molecule has 6 atom stereocenters. The van der Waals surface area contributed by atoms with Gasteiger partial charge < -0.3 is 42.7 Å². The molecule has 0 spiro atoms. The second kappa shape index (κ2) is 14.7. The molecule has 0 aromatic carbocycles. The summed E-state index contributed by atoms with van der Waals surface area (Å²) in [5.74, 6) is -3.95. The summed E-state index contributed by atoms with van der Waals surface area (Å²) in [6.45, 7) is 4.51. The minimum atomic E-state index is -1.43. The summed E-state index contributed by atoms with van der Waals surface area (Å²) in [4.78, 5) is 48.9. The van der Waals surface area contributed by atoms with E-state index >= 15 is 0 Å². The quantitative estimate of drug-likeness (QED) is 0.123. The maximum absolute atomic E-state index is 12.8. The van der Waals surface area contributed by atoms with Gasteiger partial charge in [0.25, 0.3) is 0 Å². The summed E-state index contributed by atoms with van der Waals surface area (Å²) in [5.41, 5.74) is 10.8. The molecule has 10 N–H and O–H groups in total. The number of aliphatic hydroxyl groups is 2. The molecule has 0 aliphatic heterocycles. The second-order valence-corrected chi connectivity index (χ2v) is 7.57. The molecule has 180 valence electrons. The Kier molecular flexibility index (Phi) is 13.6. The molecule has 0 saturated heterocycles. The first-order valence-corrected chi connectivity index (χ1v) is 10.4. The van der Waals surface area contributed by atoms with Crippen LogP contribution in [0, 0.1) is 5.92 Å². The van der Waals surface area contributed by atoms with E-state index in [0.29, 0.717) is 25.8 Å². The first-order chi connectivity index (χ1) is 14.5. The Balaban J connectivity index is 5.39. The molecule has 0 saturated carbocycles. The van der Waals surface area contributed by atoms with E-state index in [-0.39, 0.29) is 12.3 Å². The maximum Gasteiger partial charge on any atom is 0.326 e. The minimum Gasteiger partial charge on any atom is -0.480 e. The van der Waals surface area contributed by atoms with Crippen LogP contribution in [-0.4, -0.2) is 82.4 Å². The van der Waals surface area contributed by atoms with Crippen molar-refractivity contribution in [1.82, 2.24) is 16.0 Å². The fraction of sp³-hybridized carbons (Fsp3) is 0.789. The number of carboxylic acids is 1. The van der Waals surface area contributed by atoms with Crippen molar-refractivity contribution in [2.45, 2.75) is 76.7 Å². The third-order valence-electron chi connectivity index (χ3n) is 4.95. The van der Waals surface area contributed by atoms with Crippen LogP contribution < -0.4 is 27.4 Å². The zero-order chi connectivity index (χ0) is 24.1. The number of rotatable bonds is 15. The number of nitrogens with one attached hydrogen (secondary N) is 3. The van der Waals surface area contributed by atoms with Crippen LogP contribution in [0.25, 0.3) is 0 Å². The van der Waals surface area contributed by atoms with Crippen LogP contribution in [0.2, 0.25) is 0 Å². The van der Waals surface area contributed by atoms with Gasteiger partial charge in [-0.2, -0.15) is 0 Å². The minimum absolute atomic E-state index is 0.185. The van der Waals surface area contributed by atoms with Crippen molar-refractivity contribution in [3.8, 4) is 0 Å². The molecule has 0 aliphatic rings. The lowest BCUT2D eigenvalue weighted by Crippen LogP contribution is -2.61. The Morgan fingerprint density at radius 1 is 0.935 bits per heavy atom. The fourth-order valence-electron chi connectivity index (χ4n) is 2.71. The summed E-state index contributed by atoms with van der Waals surface area (Å²) in [6.07, 6.45) is 0.472. The smallest absolute Gasteiger partial charge is 0.326 e. The number of hydrogen-bond acceptors (Lipinski definition) is 8. The third-order valence-corrected chi connectivity index (χ3v) is 4.95. The average Bonchev–Trinajstić information content (AvgIpc) is 2.72. The Labute approximate surface area is 182 Å². The van der Waals surface area contributed by atoms with Crippen molar-refractivity contribution in [2.75, 3.05) is 13.2 Å². The molecule has 3 amide bonds. The molecular formula is C19H37N5O7. The van der Waals surface area contributed by atoms with Gasteiger partial charge in [0.2, 0.25) is 17.7 Å². The van der Waals surface area contributed by atoms with Gasteiger partial charge in [-0.25, -0.2) is 4.79 Å². The van der Waals surface area contributed by atoms with E-state index in [4.69, 9.17) is 16.6 Å². The van der Waals surface area contributed by atoms with E-state index in [0.717, 1.165) is 0 Å². The topological polar surface area (TPSA) is 217 Å². The monoisotopic (exact) mass is 447 g/mol. The van der Waals surface area contributed by atoms with E-state index in [2.05, 4.69) is 16.0 Å². The number of hydrogen-bond donors (Lipinski definition) is 8. The number of carbonyl (C=O) groups is 4. The molecule has 0 heterocycles. The largest absolute Gasteiger partial charge is 0.480 e. The Morgan fingerprint density at radius 3 is 1.94 bits per heavy atom. The molecule has 0 bridgehead atoms. The normalized spacial score (nSPS) is 16.9.